The molecule has 1 saturated heterocycles. The average Bonchev–Trinajstić information content (AvgIpc) is 3.11. The van der Waals surface area contributed by atoms with Crippen molar-refractivity contribution in [3.05, 3.63) is 42.6 Å². The number of hydrogen-bond donors (Lipinski definition) is 0. The maximum atomic E-state index is 12.9. The van der Waals surface area contributed by atoms with Gasteiger partial charge in [-0.1, -0.05) is 12.1 Å². The van der Waals surface area contributed by atoms with Gasteiger partial charge in [-0.25, -0.2) is 18.0 Å². The molecule has 9 heteroatoms. The Kier molecular flexibility index (Phi) is 3.66. The first-order valence-electron chi connectivity index (χ1n) is 7.59. The zero-order valence-corrected chi connectivity index (χ0v) is 13.6. The van der Waals surface area contributed by atoms with Gasteiger partial charge in [0.1, 0.15) is 10.4 Å². The van der Waals surface area contributed by atoms with Gasteiger partial charge in [-0.3, -0.25) is 4.90 Å². The first-order chi connectivity index (χ1) is 11.7. The van der Waals surface area contributed by atoms with E-state index in [1.807, 2.05) is 24.4 Å². The van der Waals surface area contributed by atoms with Gasteiger partial charge in [0.15, 0.2) is 5.52 Å². The predicted molar refractivity (Wildman–Crippen MR) is 85.8 cm³/mol. The Hall–Kier alpha value is -2.52. The SMILES string of the molecule is O=S(=O)(c1cccc2nonc12)N1CCN(c2cccc[nH+]2)CC1. The van der Waals surface area contributed by atoms with Crippen molar-refractivity contribution < 1.29 is 18.0 Å². The highest BCUT2D eigenvalue weighted by molar-refractivity contribution is 7.89. The third kappa shape index (κ3) is 2.51. The molecule has 8 nitrogen and oxygen atoms in total. The molecular weight excluding hydrogens is 330 g/mol. The van der Waals surface area contributed by atoms with Crippen molar-refractivity contribution in [2.75, 3.05) is 31.1 Å². The maximum absolute atomic E-state index is 12.9. The van der Waals surface area contributed by atoms with Crippen molar-refractivity contribution in [2.24, 2.45) is 0 Å². The lowest BCUT2D eigenvalue weighted by molar-refractivity contribution is -0.364. The number of rotatable bonds is 3. The molecule has 2 aromatic heterocycles. The number of H-pyrrole nitrogens is 1. The minimum atomic E-state index is -3.63. The van der Waals surface area contributed by atoms with Crippen LogP contribution in [0.2, 0.25) is 0 Å². The molecule has 0 radical (unpaired) electrons. The highest BCUT2D eigenvalue weighted by atomic mass is 32.2. The van der Waals surface area contributed by atoms with Gasteiger partial charge in [0, 0.05) is 6.07 Å². The number of sulfonamides is 1. The fourth-order valence-electron chi connectivity index (χ4n) is 2.88. The van der Waals surface area contributed by atoms with E-state index in [4.69, 9.17) is 0 Å². The van der Waals surface area contributed by atoms with E-state index in [1.165, 1.54) is 4.31 Å². The van der Waals surface area contributed by atoms with Crippen molar-refractivity contribution in [2.45, 2.75) is 4.90 Å². The van der Waals surface area contributed by atoms with Crippen LogP contribution >= 0.6 is 0 Å². The molecule has 0 spiro atoms. The Morgan fingerprint density at radius 2 is 1.83 bits per heavy atom. The predicted octanol–water partition coefficient (Wildman–Crippen LogP) is 0.548. The minimum absolute atomic E-state index is 0.140. The maximum Gasteiger partial charge on any atom is 0.274 e. The zero-order valence-electron chi connectivity index (χ0n) is 12.8. The molecule has 1 aliphatic heterocycles. The van der Waals surface area contributed by atoms with Gasteiger partial charge < -0.3 is 0 Å². The first kappa shape index (κ1) is 15.0. The summed E-state index contributed by atoms with van der Waals surface area (Å²) in [6, 6.07) is 10.7. The van der Waals surface area contributed by atoms with Crippen LogP contribution < -0.4 is 9.88 Å². The number of hydrogen-bond acceptors (Lipinski definition) is 6. The Balaban J connectivity index is 1.58. The molecule has 124 valence electrons. The summed E-state index contributed by atoms with van der Waals surface area (Å²) in [7, 11) is -3.63. The van der Waals surface area contributed by atoms with Crippen LogP contribution in [0.5, 0.6) is 0 Å². The van der Waals surface area contributed by atoms with Crippen LogP contribution in [0.25, 0.3) is 11.0 Å². The van der Waals surface area contributed by atoms with E-state index < -0.39 is 10.0 Å². The number of anilines is 1. The second-order valence-electron chi connectivity index (χ2n) is 5.53. The number of pyridine rings is 1. The summed E-state index contributed by atoms with van der Waals surface area (Å²) in [4.78, 5) is 5.44. The van der Waals surface area contributed by atoms with E-state index in [9.17, 15) is 8.42 Å². The van der Waals surface area contributed by atoms with Gasteiger partial charge in [0.05, 0.1) is 32.4 Å². The topological polar surface area (TPSA) is 93.7 Å². The number of aromatic amines is 1. The Bertz CT molecular complexity index is 949. The van der Waals surface area contributed by atoms with Gasteiger partial charge in [-0.2, -0.15) is 4.31 Å². The number of aromatic nitrogens is 3. The van der Waals surface area contributed by atoms with Gasteiger partial charge in [-0.15, -0.1) is 0 Å². The lowest BCUT2D eigenvalue weighted by Gasteiger charge is -2.30. The van der Waals surface area contributed by atoms with Crippen LogP contribution in [0, 0.1) is 0 Å². The van der Waals surface area contributed by atoms with Gasteiger partial charge in [0.2, 0.25) is 10.0 Å². The smallest absolute Gasteiger partial charge is 0.259 e. The van der Waals surface area contributed by atoms with E-state index in [0.29, 0.717) is 31.7 Å². The molecule has 4 rings (SSSR count). The zero-order chi connectivity index (χ0) is 16.6. The van der Waals surface area contributed by atoms with E-state index in [2.05, 4.69) is 24.8 Å². The number of nitrogens with one attached hydrogen (secondary N) is 1. The second kappa shape index (κ2) is 5.84. The van der Waals surface area contributed by atoms with Crippen molar-refractivity contribution in [1.82, 2.24) is 14.6 Å². The van der Waals surface area contributed by atoms with Crippen LogP contribution in [0.3, 0.4) is 0 Å². The summed E-state index contributed by atoms with van der Waals surface area (Å²) in [5.74, 6) is 0.984. The van der Waals surface area contributed by atoms with Crippen LogP contribution in [-0.2, 0) is 10.0 Å². The van der Waals surface area contributed by atoms with Crippen molar-refractivity contribution in [1.29, 1.82) is 0 Å². The molecule has 0 amide bonds. The summed E-state index contributed by atoms with van der Waals surface area (Å²) in [6.07, 6.45) is 1.86. The third-order valence-corrected chi connectivity index (χ3v) is 6.07. The summed E-state index contributed by atoms with van der Waals surface area (Å²) in [6.45, 7) is 2.05. The van der Waals surface area contributed by atoms with Gasteiger partial charge >= 0.3 is 0 Å². The highest BCUT2D eigenvalue weighted by Gasteiger charge is 2.33. The summed E-state index contributed by atoms with van der Waals surface area (Å²) >= 11 is 0. The normalized spacial score (nSPS) is 16.6. The third-order valence-electron chi connectivity index (χ3n) is 4.14. The first-order valence-corrected chi connectivity index (χ1v) is 9.03. The molecular formula is C15H16N5O3S+. The molecule has 0 bridgehead atoms. The Labute approximate surface area is 138 Å². The molecule has 0 unspecified atom stereocenters. The van der Waals surface area contributed by atoms with Crippen LogP contribution in [0.1, 0.15) is 0 Å². The standard InChI is InChI=1S/C15H15N5O3S/c21-24(22,13-5-3-4-12-15(13)18-23-17-12)20-10-8-19(9-11-20)14-6-1-2-7-16-14/h1-7H,8-11H2/p+1. The molecule has 1 aliphatic rings. The Morgan fingerprint density at radius 1 is 1.00 bits per heavy atom. The van der Waals surface area contributed by atoms with Crippen LogP contribution in [0.4, 0.5) is 5.82 Å². The fourth-order valence-corrected chi connectivity index (χ4v) is 4.44. The van der Waals surface area contributed by atoms with E-state index in [0.717, 1.165) is 5.82 Å². The molecule has 0 atom stereocenters. The fraction of sp³-hybridized carbons (Fsp3) is 0.267. The molecule has 3 aromatic rings. The van der Waals surface area contributed by atoms with Crippen molar-refractivity contribution in [3.63, 3.8) is 0 Å². The van der Waals surface area contributed by atoms with Crippen molar-refractivity contribution in [3.8, 4) is 0 Å². The van der Waals surface area contributed by atoms with E-state index >= 15 is 0 Å². The minimum Gasteiger partial charge on any atom is -0.259 e. The van der Waals surface area contributed by atoms with Crippen molar-refractivity contribution >= 4 is 26.9 Å². The number of benzene rings is 1. The number of nitrogens with zero attached hydrogens (tertiary/aromatic N) is 4. The lowest BCUT2D eigenvalue weighted by atomic mass is 10.3. The average molecular weight is 346 g/mol. The number of piperazine rings is 1. The van der Waals surface area contributed by atoms with Crippen LogP contribution in [0.15, 0.2) is 52.1 Å². The summed E-state index contributed by atoms with van der Waals surface area (Å²) in [5.41, 5.74) is 0.713. The van der Waals surface area contributed by atoms with Gasteiger partial charge in [-0.05, 0) is 28.5 Å². The van der Waals surface area contributed by atoms with E-state index in [1.54, 1.807) is 18.2 Å². The number of fused-ring (bicyclic) bond motifs is 1. The Morgan fingerprint density at radius 3 is 2.58 bits per heavy atom. The monoisotopic (exact) mass is 346 g/mol. The quantitative estimate of drug-likeness (QED) is 0.687. The largest absolute Gasteiger partial charge is 0.274 e. The molecule has 0 aliphatic carbocycles. The summed E-state index contributed by atoms with van der Waals surface area (Å²) < 4.78 is 32.0. The molecule has 0 saturated carbocycles. The molecule has 1 fully saturated rings. The highest BCUT2D eigenvalue weighted by Crippen LogP contribution is 2.24. The molecule has 3 heterocycles. The molecule has 1 aromatic carbocycles. The lowest BCUT2D eigenvalue weighted by Crippen LogP contribution is -2.49. The molecule has 1 N–H and O–H groups in total. The van der Waals surface area contributed by atoms with E-state index in [-0.39, 0.29) is 10.4 Å². The molecule has 24 heavy (non-hydrogen) atoms. The van der Waals surface area contributed by atoms with Crippen LogP contribution in [-0.4, -0.2) is 49.2 Å². The second-order valence-corrected chi connectivity index (χ2v) is 7.43. The van der Waals surface area contributed by atoms with Gasteiger partial charge in [0.25, 0.3) is 5.82 Å². The summed E-state index contributed by atoms with van der Waals surface area (Å²) in [5, 5.41) is 7.44.